The maximum absolute atomic E-state index is 11.8. The fraction of sp³-hybridized carbons (Fsp3) is 0.583. The summed E-state index contributed by atoms with van der Waals surface area (Å²) in [6.07, 6.45) is -3.73. The number of esters is 1. The average Bonchev–Trinajstić information content (AvgIpc) is 2.77. The van der Waals surface area contributed by atoms with Gasteiger partial charge < -0.3 is 24.8 Å². The molecule has 4 atom stereocenters. The van der Waals surface area contributed by atoms with E-state index in [0.717, 1.165) is 0 Å². The zero-order valence-corrected chi connectivity index (χ0v) is 12.4. The molecule has 1 aliphatic rings. The smallest absolute Gasteiger partial charge is 0.310 e. The second-order valence-corrected chi connectivity index (χ2v) is 5.19. The molecule has 1 aromatic heterocycles. The van der Waals surface area contributed by atoms with E-state index in [2.05, 4.69) is 9.72 Å². The molecule has 9 nitrogen and oxygen atoms in total. The summed E-state index contributed by atoms with van der Waals surface area (Å²) in [4.78, 5) is 25.5. The normalized spacial score (nSPS) is 27.8. The number of hydrogen-bond donors (Lipinski definition) is 4. The number of hydrogen-bond acceptors (Lipinski definition) is 8. The summed E-state index contributed by atoms with van der Waals surface area (Å²) in [5.41, 5.74) is -0.489. The minimum absolute atomic E-state index is 0.0477. The Labute approximate surface area is 129 Å². The lowest BCUT2D eigenvalue weighted by atomic mass is 10.1. The van der Waals surface area contributed by atoms with Gasteiger partial charge in [0, 0.05) is 11.8 Å². The minimum atomic E-state index is -1.35. The predicted octanol–water partition coefficient (Wildman–Crippen LogP) is -1.77. The highest BCUT2D eigenvalue weighted by Crippen LogP contribution is 2.29. The van der Waals surface area contributed by atoms with Crippen LogP contribution in [0.4, 0.5) is 0 Å². The second-order valence-electron chi connectivity index (χ2n) is 4.80. The Morgan fingerprint density at radius 1 is 1.50 bits per heavy atom. The van der Waals surface area contributed by atoms with Gasteiger partial charge in [-0.2, -0.15) is 0 Å². The number of aromatic amines is 1. The first-order valence-corrected chi connectivity index (χ1v) is 6.83. The van der Waals surface area contributed by atoms with E-state index in [4.69, 9.17) is 22.1 Å². The Hall–Kier alpha value is -1.59. The van der Waals surface area contributed by atoms with Crippen LogP contribution in [0.2, 0.25) is 0 Å². The number of H-pyrrole nitrogens is 1. The Bertz CT molecular complexity index is 670. The van der Waals surface area contributed by atoms with Crippen molar-refractivity contribution in [1.29, 1.82) is 0 Å². The van der Waals surface area contributed by atoms with Crippen LogP contribution in [0.3, 0.4) is 0 Å². The van der Waals surface area contributed by atoms with Crippen LogP contribution in [0.25, 0.3) is 0 Å². The molecule has 122 valence electrons. The van der Waals surface area contributed by atoms with Gasteiger partial charge in [-0.05, 0) is 12.2 Å². The highest BCUT2D eigenvalue weighted by Gasteiger charge is 2.43. The van der Waals surface area contributed by atoms with Crippen LogP contribution in [0.1, 0.15) is 11.8 Å². The molecule has 1 saturated heterocycles. The first-order valence-electron chi connectivity index (χ1n) is 6.42. The van der Waals surface area contributed by atoms with E-state index in [1.165, 1.54) is 17.9 Å². The van der Waals surface area contributed by atoms with Gasteiger partial charge in [-0.15, -0.1) is 0 Å². The summed E-state index contributed by atoms with van der Waals surface area (Å²) in [6, 6.07) is 0. The summed E-state index contributed by atoms with van der Waals surface area (Å²) in [5, 5.41) is 28.8. The lowest BCUT2D eigenvalue weighted by molar-refractivity contribution is -0.139. The van der Waals surface area contributed by atoms with Gasteiger partial charge in [-0.1, -0.05) is 0 Å². The van der Waals surface area contributed by atoms with Crippen molar-refractivity contribution < 1.29 is 29.6 Å². The molecular formula is C12H16N2O7S. The van der Waals surface area contributed by atoms with Crippen molar-refractivity contribution in [3.63, 3.8) is 0 Å². The topological polar surface area (TPSA) is 134 Å². The van der Waals surface area contributed by atoms with Gasteiger partial charge in [0.05, 0.1) is 20.1 Å². The molecule has 0 aromatic carbocycles. The van der Waals surface area contributed by atoms with Crippen molar-refractivity contribution in [1.82, 2.24) is 9.55 Å². The van der Waals surface area contributed by atoms with Crippen molar-refractivity contribution in [2.75, 3.05) is 13.7 Å². The van der Waals surface area contributed by atoms with Crippen molar-refractivity contribution in [2.24, 2.45) is 0 Å². The lowest BCUT2D eigenvalue weighted by Gasteiger charge is -2.19. The van der Waals surface area contributed by atoms with E-state index < -0.39 is 42.7 Å². The van der Waals surface area contributed by atoms with Gasteiger partial charge in [0.1, 0.15) is 18.3 Å². The lowest BCUT2D eigenvalue weighted by Crippen LogP contribution is -2.33. The first-order chi connectivity index (χ1) is 10.4. The SMILES string of the molecule is COC(=O)Cc1cn([C@@H]2O[C@H](CO)C(O)[C@@H]2O)c(=S)[nH]c1=O. The minimum Gasteiger partial charge on any atom is -0.469 e. The Kier molecular flexibility index (Phi) is 5.08. The Morgan fingerprint density at radius 2 is 2.18 bits per heavy atom. The molecule has 22 heavy (non-hydrogen) atoms. The molecule has 10 heteroatoms. The number of ether oxygens (including phenoxy) is 2. The van der Waals surface area contributed by atoms with Gasteiger partial charge in [0.2, 0.25) is 0 Å². The third kappa shape index (κ3) is 3.10. The van der Waals surface area contributed by atoms with Gasteiger partial charge in [-0.3, -0.25) is 19.1 Å². The van der Waals surface area contributed by atoms with Crippen LogP contribution < -0.4 is 5.56 Å². The second kappa shape index (κ2) is 6.67. The van der Waals surface area contributed by atoms with Crippen LogP contribution >= 0.6 is 12.2 Å². The maximum Gasteiger partial charge on any atom is 0.310 e. The van der Waals surface area contributed by atoms with Crippen molar-refractivity contribution in [3.8, 4) is 0 Å². The standard InChI is InChI=1S/C12H16N2O7S/c1-20-7(16)2-5-3-14(12(22)13-10(5)19)11-9(18)8(17)6(4-15)21-11/h3,6,8-9,11,15,17-18H,2,4H2,1H3,(H,13,19,22)/t6-,8?,9+,11-/m1/s1. The number of nitrogens with zero attached hydrogens (tertiary/aromatic N) is 1. The summed E-state index contributed by atoms with van der Waals surface area (Å²) in [6.45, 7) is -0.486. The summed E-state index contributed by atoms with van der Waals surface area (Å²) in [5.74, 6) is -0.615. The molecule has 0 amide bonds. The summed E-state index contributed by atoms with van der Waals surface area (Å²) < 4.78 is 11.0. The number of nitrogens with one attached hydrogen (secondary N) is 1. The molecule has 1 aromatic rings. The Morgan fingerprint density at radius 3 is 2.73 bits per heavy atom. The van der Waals surface area contributed by atoms with E-state index in [0.29, 0.717) is 0 Å². The molecule has 0 spiro atoms. The molecule has 4 N–H and O–H groups in total. The molecular weight excluding hydrogens is 316 g/mol. The summed E-state index contributed by atoms with van der Waals surface area (Å²) in [7, 11) is 1.19. The van der Waals surface area contributed by atoms with E-state index in [1.54, 1.807) is 0 Å². The van der Waals surface area contributed by atoms with Crippen LogP contribution in [0.15, 0.2) is 11.0 Å². The number of carbonyl (C=O) groups is 1. The molecule has 0 aliphatic carbocycles. The third-order valence-corrected chi connectivity index (χ3v) is 3.71. The quantitative estimate of drug-likeness (QED) is 0.376. The Balaban J connectivity index is 2.39. The number of rotatable bonds is 4. The molecule has 0 bridgehead atoms. The monoisotopic (exact) mass is 332 g/mol. The average molecular weight is 332 g/mol. The van der Waals surface area contributed by atoms with Gasteiger partial charge in [-0.25, -0.2) is 0 Å². The van der Waals surface area contributed by atoms with E-state index in [1.807, 2.05) is 0 Å². The maximum atomic E-state index is 11.8. The van der Waals surface area contributed by atoms with Crippen molar-refractivity contribution in [3.05, 3.63) is 26.9 Å². The molecule has 2 rings (SSSR count). The fourth-order valence-corrected chi connectivity index (χ4v) is 2.43. The van der Waals surface area contributed by atoms with Crippen molar-refractivity contribution >= 4 is 18.2 Å². The molecule has 1 unspecified atom stereocenters. The number of aromatic nitrogens is 2. The molecule has 0 radical (unpaired) electrons. The van der Waals surface area contributed by atoms with Gasteiger partial charge >= 0.3 is 5.97 Å². The molecule has 1 aliphatic heterocycles. The number of carbonyl (C=O) groups excluding carboxylic acids is 1. The molecule has 0 saturated carbocycles. The van der Waals surface area contributed by atoms with Crippen LogP contribution in [-0.2, 0) is 20.7 Å². The number of aliphatic hydroxyl groups is 3. The van der Waals surface area contributed by atoms with Gasteiger partial charge in [0.15, 0.2) is 11.0 Å². The first kappa shape index (κ1) is 16.8. The van der Waals surface area contributed by atoms with Crippen LogP contribution in [-0.4, -0.2) is 62.9 Å². The molecule has 1 fully saturated rings. The largest absolute Gasteiger partial charge is 0.469 e. The molecule has 2 heterocycles. The van der Waals surface area contributed by atoms with Crippen LogP contribution in [0, 0.1) is 4.77 Å². The van der Waals surface area contributed by atoms with Crippen LogP contribution in [0.5, 0.6) is 0 Å². The van der Waals surface area contributed by atoms with E-state index in [9.17, 15) is 19.8 Å². The van der Waals surface area contributed by atoms with Crippen molar-refractivity contribution in [2.45, 2.75) is 31.0 Å². The third-order valence-electron chi connectivity index (χ3n) is 3.40. The number of methoxy groups -OCH3 is 1. The zero-order chi connectivity index (χ0) is 16.4. The summed E-state index contributed by atoms with van der Waals surface area (Å²) >= 11 is 5.00. The van der Waals surface area contributed by atoms with E-state index in [-0.39, 0.29) is 16.8 Å². The van der Waals surface area contributed by atoms with Gasteiger partial charge in [0.25, 0.3) is 5.56 Å². The predicted molar refractivity (Wildman–Crippen MR) is 74.6 cm³/mol. The fourth-order valence-electron chi connectivity index (χ4n) is 2.18. The van der Waals surface area contributed by atoms with E-state index >= 15 is 0 Å². The number of aliphatic hydroxyl groups excluding tert-OH is 3. The highest BCUT2D eigenvalue weighted by molar-refractivity contribution is 7.71. The zero-order valence-electron chi connectivity index (χ0n) is 11.6. The highest BCUT2D eigenvalue weighted by atomic mass is 32.1.